The van der Waals surface area contributed by atoms with Crippen molar-refractivity contribution in [2.75, 3.05) is 13.2 Å². The van der Waals surface area contributed by atoms with E-state index in [-0.39, 0.29) is 41.7 Å². The first kappa shape index (κ1) is 19.2. The molecule has 1 aromatic rings. The molecule has 2 aliphatic heterocycles. The molecule has 8 heteroatoms. The van der Waals surface area contributed by atoms with Gasteiger partial charge in [-0.15, -0.1) is 0 Å². The van der Waals surface area contributed by atoms with Gasteiger partial charge < -0.3 is 25.3 Å². The van der Waals surface area contributed by atoms with Gasteiger partial charge in [0.1, 0.15) is 23.3 Å². The third-order valence-corrected chi connectivity index (χ3v) is 4.54. The number of nitrogens with two attached hydrogens (primary N) is 1. The molecular weight excluding hydrogens is 364 g/mol. The van der Waals surface area contributed by atoms with Gasteiger partial charge in [-0.1, -0.05) is 30.9 Å². The van der Waals surface area contributed by atoms with Gasteiger partial charge in [0.15, 0.2) is 0 Å². The molecule has 0 fully saturated rings. The Kier molecular flexibility index (Phi) is 4.96. The molecule has 0 aliphatic carbocycles. The largest absolute Gasteiger partial charge is 0.462 e. The highest BCUT2D eigenvalue weighted by molar-refractivity contribution is 6.17. The molecule has 8 nitrogen and oxygen atoms in total. The van der Waals surface area contributed by atoms with Gasteiger partial charge in [0.05, 0.1) is 12.2 Å². The first-order valence-electron chi connectivity index (χ1n) is 8.65. The summed E-state index contributed by atoms with van der Waals surface area (Å²) in [6, 6.07) is 6.55. The van der Waals surface area contributed by atoms with Crippen LogP contribution in [0, 0.1) is 0 Å². The Hall–Kier alpha value is -3.55. The van der Waals surface area contributed by atoms with E-state index in [2.05, 4.69) is 11.9 Å². The van der Waals surface area contributed by atoms with Crippen LogP contribution in [0.4, 0.5) is 0 Å². The minimum Gasteiger partial charge on any atom is -0.462 e. The normalized spacial score (nSPS) is 20.4. The number of esters is 2. The second-order valence-electron chi connectivity index (χ2n) is 6.15. The van der Waals surface area contributed by atoms with Crippen LogP contribution in [0.1, 0.15) is 19.4 Å². The van der Waals surface area contributed by atoms with E-state index in [1.54, 1.807) is 38.1 Å². The number of hydrogen-bond acceptors (Lipinski definition) is 7. The number of fused-ring (bicyclic) bond motifs is 2. The lowest BCUT2D eigenvalue weighted by molar-refractivity contribution is -0.142. The van der Waals surface area contributed by atoms with E-state index in [1.165, 1.54) is 6.08 Å². The number of ether oxygens (including phenoxy) is 3. The van der Waals surface area contributed by atoms with E-state index >= 15 is 0 Å². The maximum atomic E-state index is 13.2. The first-order chi connectivity index (χ1) is 13.4. The van der Waals surface area contributed by atoms with Crippen molar-refractivity contribution < 1.29 is 28.6 Å². The maximum Gasteiger partial charge on any atom is 0.341 e. The second kappa shape index (κ2) is 7.22. The zero-order chi connectivity index (χ0) is 20.5. The van der Waals surface area contributed by atoms with Gasteiger partial charge in [-0.2, -0.15) is 0 Å². The van der Waals surface area contributed by atoms with Crippen LogP contribution < -0.4 is 15.8 Å². The molecule has 28 heavy (non-hydrogen) atoms. The molecule has 1 atom stereocenters. The lowest BCUT2D eigenvalue weighted by Gasteiger charge is -2.35. The number of carbonyl (C=O) groups is 3. The van der Waals surface area contributed by atoms with Crippen LogP contribution in [-0.2, 0) is 29.3 Å². The lowest BCUT2D eigenvalue weighted by atomic mass is 9.67. The van der Waals surface area contributed by atoms with Crippen molar-refractivity contribution in [2.24, 2.45) is 5.73 Å². The topological polar surface area (TPSA) is 117 Å². The van der Waals surface area contributed by atoms with E-state index in [4.69, 9.17) is 19.9 Å². The molecule has 1 spiro atoms. The molecule has 0 radical (unpaired) electrons. The van der Waals surface area contributed by atoms with Crippen LogP contribution in [0.3, 0.4) is 0 Å². The molecule has 0 bridgehead atoms. The molecular formula is C20H20N2O6. The smallest absolute Gasteiger partial charge is 0.341 e. The summed E-state index contributed by atoms with van der Waals surface area (Å²) in [7, 11) is 0. The van der Waals surface area contributed by atoms with Crippen molar-refractivity contribution in [1.82, 2.24) is 5.32 Å². The molecule has 2 heterocycles. The van der Waals surface area contributed by atoms with E-state index in [9.17, 15) is 14.4 Å². The van der Waals surface area contributed by atoms with Crippen molar-refractivity contribution in [2.45, 2.75) is 19.3 Å². The zero-order valence-corrected chi connectivity index (χ0v) is 15.5. The number of rotatable bonds is 5. The highest BCUT2D eigenvalue weighted by Crippen LogP contribution is 2.51. The summed E-state index contributed by atoms with van der Waals surface area (Å²) in [5.74, 6) is -2.30. The Bertz CT molecular complexity index is 946. The van der Waals surface area contributed by atoms with Crippen LogP contribution in [0.2, 0.25) is 0 Å². The fourth-order valence-electron chi connectivity index (χ4n) is 3.54. The molecule has 1 amide bonds. The van der Waals surface area contributed by atoms with Crippen LogP contribution in [0.15, 0.2) is 59.6 Å². The Morgan fingerprint density at radius 2 is 1.93 bits per heavy atom. The van der Waals surface area contributed by atoms with E-state index in [1.807, 2.05) is 0 Å². The van der Waals surface area contributed by atoms with E-state index < -0.39 is 23.3 Å². The molecule has 2 aliphatic rings. The summed E-state index contributed by atoms with van der Waals surface area (Å²) in [5.41, 5.74) is 4.45. The number of allylic oxidation sites excluding steroid dienone is 1. The Labute approximate surface area is 161 Å². The van der Waals surface area contributed by atoms with Gasteiger partial charge in [0, 0.05) is 11.3 Å². The standard InChI is InChI=1S/C20H20N2O6/c1-4-10-27-17(23)14-11(3)22-19(25)20(14)12-8-6-7-9-13(12)28-16(21)15(20)18(24)26-5-2/h4,6-9H,1,5,10,21H2,2-3H3,(H,22,25). The van der Waals surface area contributed by atoms with Gasteiger partial charge in [-0.05, 0) is 19.9 Å². The van der Waals surface area contributed by atoms with Crippen LogP contribution >= 0.6 is 0 Å². The number of nitrogens with one attached hydrogen (secondary N) is 1. The van der Waals surface area contributed by atoms with Crippen molar-refractivity contribution in [3.05, 3.63) is 65.2 Å². The lowest BCUT2D eigenvalue weighted by Crippen LogP contribution is -2.49. The summed E-state index contributed by atoms with van der Waals surface area (Å²) in [6.07, 6.45) is 1.40. The number of para-hydroxylation sites is 1. The quantitative estimate of drug-likeness (QED) is 0.578. The predicted molar refractivity (Wildman–Crippen MR) is 98.6 cm³/mol. The minimum absolute atomic E-state index is 0.0406. The van der Waals surface area contributed by atoms with E-state index in [0.717, 1.165) is 0 Å². The predicted octanol–water partition coefficient (Wildman–Crippen LogP) is 1.18. The number of carbonyl (C=O) groups excluding carboxylic acids is 3. The zero-order valence-electron chi connectivity index (χ0n) is 15.5. The third-order valence-electron chi connectivity index (χ3n) is 4.54. The minimum atomic E-state index is -1.84. The summed E-state index contributed by atoms with van der Waals surface area (Å²) < 4.78 is 15.9. The first-order valence-corrected chi connectivity index (χ1v) is 8.65. The van der Waals surface area contributed by atoms with Crippen LogP contribution in [0.5, 0.6) is 5.75 Å². The third kappa shape index (κ3) is 2.65. The van der Waals surface area contributed by atoms with Crippen molar-refractivity contribution in [1.29, 1.82) is 0 Å². The monoisotopic (exact) mass is 384 g/mol. The second-order valence-corrected chi connectivity index (χ2v) is 6.15. The molecule has 0 aromatic heterocycles. The Balaban J connectivity index is 2.33. The SMILES string of the molecule is C=CCOC(=O)C1=C(C)NC(=O)C12C(C(=O)OCC)=C(N)Oc1ccccc12. The van der Waals surface area contributed by atoms with Crippen molar-refractivity contribution in [3.8, 4) is 5.75 Å². The molecule has 3 rings (SSSR count). The Morgan fingerprint density at radius 3 is 2.61 bits per heavy atom. The molecule has 3 N–H and O–H groups in total. The fraction of sp³-hybridized carbons (Fsp3) is 0.250. The average Bonchev–Trinajstić information content (AvgIpc) is 2.90. The number of hydrogen-bond donors (Lipinski definition) is 2. The average molecular weight is 384 g/mol. The molecule has 0 saturated carbocycles. The summed E-state index contributed by atoms with van der Waals surface area (Å²) in [4.78, 5) is 38.9. The number of amides is 1. The summed E-state index contributed by atoms with van der Waals surface area (Å²) in [5, 5.41) is 2.63. The van der Waals surface area contributed by atoms with Crippen molar-refractivity contribution >= 4 is 17.8 Å². The molecule has 146 valence electrons. The summed E-state index contributed by atoms with van der Waals surface area (Å²) >= 11 is 0. The van der Waals surface area contributed by atoms with Crippen LogP contribution in [0.25, 0.3) is 0 Å². The Morgan fingerprint density at radius 1 is 1.25 bits per heavy atom. The molecule has 1 aromatic carbocycles. The van der Waals surface area contributed by atoms with Gasteiger partial charge in [-0.25, -0.2) is 9.59 Å². The van der Waals surface area contributed by atoms with Gasteiger partial charge >= 0.3 is 11.9 Å². The maximum absolute atomic E-state index is 13.2. The number of benzene rings is 1. The summed E-state index contributed by atoms with van der Waals surface area (Å²) in [6.45, 7) is 6.67. The molecule has 0 saturated heterocycles. The van der Waals surface area contributed by atoms with E-state index in [0.29, 0.717) is 5.56 Å². The highest BCUT2D eigenvalue weighted by atomic mass is 16.5. The van der Waals surface area contributed by atoms with Gasteiger partial charge in [0.2, 0.25) is 11.8 Å². The van der Waals surface area contributed by atoms with Crippen LogP contribution in [-0.4, -0.2) is 31.1 Å². The van der Waals surface area contributed by atoms with Gasteiger partial charge in [0.25, 0.3) is 0 Å². The van der Waals surface area contributed by atoms with Crippen molar-refractivity contribution in [3.63, 3.8) is 0 Å². The van der Waals surface area contributed by atoms with Gasteiger partial charge in [-0.3, -0.25) is 4.79 Å². The fourth-order valence-corrected chi connectivity index (χ4v) is 3.54. The highest BCUT2D eigenvalue weighted by Gasteiger charge is 2.61. The molecule has 1 unspecified atom stereocenters.